The van der Waals surface area contributed by atoms with Gasteiger partial charge in [0.25, 0.3) is 0 Å². The molecule has 0 atom stereocenters. The first-order chi connectivity index (χ1) is 4.20. The highest BCUT2D eigenvalue weighted by molar-refractivity contribution is 5.77. The number of rotatable bonds is 3. The topological polar surface area (TPSA) is 41.6 Å². The number of nitrogens with two attached hydrogens (primary N) is 1. The SMILES string of the molecule is CCN(CC)/N=C(/C)N. The lowest BCUT2D eigenvalue weighted by molar-refractivity contribution is 0.321. The van der Waals surface area contributed by atoms with Gasteiger partial charge in [0.1, 0.15) is 5.84 Å². The first-order valence-electron chi connectivity index (χ1n) is 3.26. The lowest BCUT2D eigenvalue weighted by atomic mass is 10.6. The summed E-state index contributed by atoms with van der Waals surface area (Å²) < 4.78 is 0. The van der Waals surface area contributed by atoms with Gasteiger partial charge in [-0.05, 0) is 20.8 Å². The number of hydrazone groups is 1. The van der Waals surface area contributed by atoms with Gasteiger partial charge in [-0.1, -0.05) is 0 Å². The van der Waals surface area contributed by atoms with Crippen molar-refractivity contribution in [1.29, 1.82) is 0 Å². The van der Waals surface area contributed by atoms with E-state index in [1.165, 1.54) is 0 Å². The summed E-state index contributed by atoms with van der Waals surface area (Å²) in [6, 6.07) is 0. The molecule has 0 aliphatic rings. The fourth-order valence-corrected chi connectivity index (χ4v) is 0.588. The van der Waals surface area contributed by atoms with E-state index in [1.54, 1.807) is 6.92 Å². The lowest BCUT2D eigenvalue weighted by Crippen LogP contribution is -2.20. The summed E-state index contributed by atoms with van der Waals surface area (Å²) in [6.07, 6.45) is 0. The van der Waals surface area contributed by atoms with E-state index >= 15 is 0 Å². The normalized spacial score (nSPS) is 11.7. The molecule has 2 N–H and O–H groups in total. The van der Waals surface area contributed by atoms with Crippen molar-refractivity contribution in [3.63, 3.8) is 0 Å². The van der Waals surface area contributed by atoms with E-state index in [-0.39, 0.29) is 0 Å². The average molecular weight is 129 g/mol. The van der Waals surface area contributed by atoms with Gasteiger partial charge in [0, 0.05) is 13.1 Å². The van der Waals surface area contributed by atoms with E-state index in [0.717, 1.165) is 13.1 Å². The monoisotopic (exact) mass is 129 g/mol. The van der Waals surface area contributed by atoms with Crippen LogP contribution in [-0.4, -0.2) is 23.9 Å². The molecule has 0 aliphatic heterocycles. The summed E-state index contributed by atoms with van der Waals surface area (Å²) >= 11 is 0. The molecule has 9 heavy (non-hydrogen) atoms. The van der Waals surface area contributed by atoms with Crippen LogP contribution in [0.1, 0.15) is 20.8 Å². The third kappa shape index (κ3) is 3.82. The van der Waals surface area contributed by atoms with Crippen LogP contribution in [-0.2, 0) is 0 Å². The molecule has 0 unspecified atom stereocenters. The third-order valence-electron chi connectivity index (χ3n) is 1.03. The predicted octanol–water partition coefficient (Wildman–Crippen LogP) is 0.620. The molecule has 3 heteroatoms. The number of nitrogens with zero attached hydrogens (tertiary/aromatic N) is 2. The van der Waals surface area contributed by atoms with Crippen molar-refractivity contribution in [1.82, 2.24) is 5.01 Å². The Morgan fingerprint density at radius 2 is 1.89 bits per heavy atom. The zero-order chi connectivity index (χ0) is 7.28. The summed E-state index contributed by atoms with van der Waals surface area (Å²) in [4.78, 5) is 0. The highest BCUT2D eigenvalue weighted by Gasteiger charge is 1.90. The van der Waals surface area contributed by atoms with Crippen molar-refractivity contribution in [2.75, 3.05) is 13.1 Å². The molecule has 0 rings (SSSR count). The zero-order valence-electron chi connectivity index (χ0n) is 6.39. The van der Waals surface area contributed by atoms with Gasteiger partial charge in [-0.2, -0.15) is 5.10 Å². The summed E-state index contributed by atoms with van der Waals surface area (Å²) in [5, 5.41) is 5.95. The van der Waals surface area contributed by atoms with E-state index in [4.69, 9.17) is 5.73 Å². The molecule has 0 aromatic carbocycles. The second-order valence-electron chi connectivity index (χ2n) is 1.88. The second-order valence-corrected chi connectivity index (χ2v) is 1.88. The van der Waals surface area contributed by atoms with Crippen molar-refractivity contribution in [3.8, 4) is 0 Å². The minimum atomic E-state index is 0.624. The minimum Gasteiger partial charge on any atom is -0.386 e. The highest BCUT2D eigenvalue weighted by Crippen LogP contribution is 1.85. The number of amidine groups is 1. The maximum atomic E-state index is 5.35. The Morgan fingerprint density at radius 3 is 2.00 bits per heavy atom. The molecule has 0 heterocycles. The zero-order valence-corrected chi connectivity index (χ0v) is 6.39. The van der Waals surface area contributed by atoms with E-state index in [9.17, 15) is 0 Å². The summed E-state index contributed by atoms with van der Waals surface area (Å²) in [7, 11) is 0. The molecule has 0 saturated heterocycles. The smallest absolute Gasteiger partial charge is 0.116 e. The average Bonchev–Trinajstić information content (AvgIpc) is 1.82. The molecule has 0 aromatic rings. The maximum absolute atomic E-state index is 5.35. The van der Waals surface area contributed by atoms with Crippen LogP contribution in [0.25, 0.3) is 0 Å². The molecule has 54 valence electrons. The van der Waals surface area contributed by atoms with Gasteiger partial charge in [0.05, 0.1) is 0 Å². The molecule has 0 aliphatic carbocycles. The molecule has 0 bridgehead atoms. The van der Waals surface area contributed by atoms with Gasteiger partial charge >= 0.3 is 0 Å². The van der Waals surface area contributed by atoms with E-state index in [0.29, 0.717) is 5.84 Å². The summed E-state index contributed by atoms with van der Waals surface area (Å²) in [6.45, 7) is 7.74. The van der Waals surface area contributed by atoms with Crippen LogP contribution in [0.4, 0.5) is 0 Å². The Balaban J connectivity index is 3.68. The van der Waals surface area contributed by atoms with Gasteiger partial charge < -0.3 is 5.73 Å². The van der Waals surface area contributed by atoms with Crippen LogP contribution in [0.3, 0.4) is 0 Å². The van der Waals surface area contributed by atoms with Crippen molar-refractivity contribution < 1.29 is 0 Å². The molecular formula is C6H15N3. The molecule has 0 saturated carbocycles. The molecule has 0 spiro atoms. The van der Waals surface area contributed by atoms with Gasteiger partial charge in [-0.25, -0.2) is 0 Å². The summed E-state index contributed by atoms with van der Waals surface area (Å²) in [5.74, 6) is 0.624. The van der Waals surface area contributed by atoms with Crippen molar-refractivity contribution >= 4 is 5.84 Å². The van der Waals surface area contributed by atoms with Crippen molar-refractivity contribution in [3.05, 3.63) is 0 Å². The Bertz CT molecular complexity index is 90.5. The third-order valence-corrected chi connectivity index (χ3v) is 1.03. The molecular weight excluding hydrogens is 114 g/mol. The predicted molar refractivity (Wildman–Crippen MR) is 40.2 cm³/mol. The molecule has 0 radical (unpaired) electrons. The Hall–Kier alpha value is -0.730. The maximum Gasteiger partial charge on any atom is 0.116 e. The second kappa shape index (κ2) is 4.18. The van der Waals surface area contributed by atoms with Crippen LogP contribution >= 0.6 is 0 Å². The summed E-state index contributed by atoms with van der Waals surface area (Å²) in [5.41, 5.74) is 5.35. The van der Waals surface area contributed by atoms with Gasteiger partial charge in [-0.15, -0.1) is 0 Å². The van der Waals surface area contributed by atoms with Crippen LogP contribution in [0.2, 0.25) is 0 Å². The molecule has 0 aromatic heterocycles. The Kier molecular flexibility index (Phi) is 3.84. The van der Waals surface area contributed by atoms with E-state index in [2.05, 4.69) is 18.9 Å². The first kappa shape index (κ1) is 8.27. The number of hydrogen-bond acceptors (Lipinski definition) is 2. The van der Waals surface area contributed by atoms with Crippen molar-refractivity contribution in [2.45, 2.75) is 20.8 Å². The van der Waals surface area contributed by atoms with Crippen LogP contribution in [0.5, 0.6) is 0 Å². The van der Waals surface area contributed by atoms with Crippen LogP contribution in [0.15, 0.2) is 5.10 Å². The number of hydrogen-bond donors (Lipinski definition) is 1. The molecule has 0 amide bonds. The highest BCUT2D eigenvalue weighted by atomic mass is 15.5. The fourth-order valence-electron chi connectivity index (χ4n) is 0.588. The van der Waals surface area contributed by atoms with Crippen LogP contribution in [0, 0.1) is 0 Å². The quantitative estimate of drug-likeness (QED) is 0.345. The van der Waals surface area contributed by atoms with E-state index < -0.39 is 0 Å². The fraction of sp³-hybridized carbons (Fsp3) is 0.833. The Labute approximate surface area is 56.5 Å². The van der Waals surface area contributed by atoms with Gasteiger partial charge in [0.15, 0.2) is 0 Å². The lowest BCUT2D eigenvalue weighted by Gasteiger charge is -2.13. The molecule has 0 fully saturated rings. The largest absolute Gasteiger partial charge is 0.386 e. The van der Waals surface area contributed by atoms with E-state index in [1.807, 2.05) is 5.01 Å². The molecule has 3 nitrogen and oxygen atoms in total. The van der Waals surface area contributed by atoms with Gasteiger partial charge in [0.2, 0.25) is 0 Å². The van der Waals surface area contributed by atoms with Crippen LogP contribution < -0.4 is 5.73 Å². The Morgan fingerprint density at radius 1 is 1.44 bits per heavy atom. The van der Waals surface area contributed by atoms with Crippen molar-refractivity contribution in [2.24, 2.45) is 10.8 Å². The first-order valence-corrected chi connectivity index (χ1v) is 3.26. The minimum absolute atomic E-state index is 0.624. The standard InChI is InChI=1S/C6H15N3/c1-4-9(5-2)8-6(3)7/h4-5H2,1-3H3,(H2,7,8). The van der Waals surface area contributed by atoms with Gasteiger partial charge in [-0.3, -0.25) is 5.01 Å².